The second-order valence-electron chi connectivity index (χ2n) is 6.09. The van der Waals surface area contributed by atoms with Crippen molar-refractivity contribution in [1.29, 1.82) is 0 Å². The number of benzene rings is 1. The lowest BCUT2D eigenvalue weighted by Crippen LogP contribution is -2.35. The van der Waals surface area contributed by atoms with Crippen molar-refractivity contribution < 1.29 is 14.3 Å². The third-order valence-corrected chi connectivity index (χ3v) is 5.26. The fourth-order valence-electron chi connectivity index (χ4n) is 2.91. The average molecular weight is 345 g/mol. The van der Waals surface area contributed by atoms with Crippen LogP contribution in [0.15, 0.2) is 35.7 Å². The van der Waals surface area contributed by atoms with Gasteiger partial charge in [-0.2, -0.15) is 0 Å². The number of methoxy groups -OCH3 is 1. The molecule has 5 heteroatoms. The van der Waals surface area contributed by atoms with Crippen LogP contribution < -0.4 is 14.8 Å². The molecule has 1 aliphatic carbocycles. The number of rotatable bonds is 6. The van der Waals surface area contributed by atoms with Gasteiger partial charge in [0.05, 0.1) is 12.0 Å². The van der Waals surface area contributed by atoms with Crippen molar-refractivity contribution in [2.45, 2.75) is 44.8 Å². The molecule has 1 fully saturated rings. The monoisotopic (exact) mass is 345 g/mol. The first-order chi connectivity index (χ1) is 11.7. The molecule has 128 valence electrons. The highest BCUT2D eigenvalue weighted by atomic mass is 32.1. The van der Waals surface area contributed by atoms with Crippen LogP contribution >= 0.6 is 11.3 Å². The molecule has 1 heterocycles. The van der Waals surface area contributed by atoms with Gasteiger partial charge in [0.25, 0.3) is 5.91 Å². The number of amides is 1. The topological polar surface area (TPSA) is 47.6 Å². The van der Waals surface area contributed by atoms with Gasteiger partial charge < -0.3 is 14.8 Å². The molecule has 0 unspecified atom stereocenters. The number of carbonyl (C=O) groups is 1. The van der Waals surface area contributed by atoms with E-state index in [4.69, 9.17) is 9.47 Å². The number of nitrogens with one attached hydrogen (secondary N) is 1. The zero-order chi connectivity index (χ0) is 16.8. The summed E-state index contributed by atoms with van der Waals surface area (Å²) in [5.41, 5.74) is 1.02. The van der Waals surface area contributed by atoms with E-state index in [1.54, 1.807) is 7.11 Å². The lowest BCUT2D eigenvalue weighted by atomic mass is 9.95. The summed E-state index contributed by atoms with van der Waals surface area (Å²) in [4.78, 5) is 13.1. The number of carbonyl (C=O) groups excluding carboxylic acids is 1. The molecule has 1 amide bonds. The van der Waals surface area contributed by atoms with E-state index in [9.17, 15) is 4.79 Å². The predicted octanol–water partition coefficient (Wildman–Crippen LogP) is 4.40. The molecule has 1 aromatic heterocycles. The Bertz CT molecular complexity index is 660. The minimum absolute atomic E-state index is 0.0441. The molecule has 0 bridgehead atoms. The van der Waals surface area contributed by atoms with Crippen molar-refractivity contribution in [3.8, 4) is 11.5 Å². The normalized spacial score (nSPS) is 15.0. The molecule has 1 aliphatic rings. The van der Waals surface area contributed by atoms with E-state index in [0.29, 0.717) is 12.6 Å². The predicted molar refractivity (Wildman–Crippen MR) is 96.0 cm³/mol. The molecule has 2 aromatic rings. The highest BCUT2D eigenvalue weighted by molar-refractivity contribution is 7.12. The number of ether oxygens (including phenoxy) is 2. The standard InChI is InChI=1S/C19H23NO3S/c1-22-16-7-9-17(10-8-16)23-12-14-11-18(24-13-14)19(21)20-15-5-3-2-4-6-15/h7-11,13,15H,2-6,12H2,1H3,(H,20,21). The number of hydrogen-bond acceptors (Lipinski definition) is 4. The zero-order valence-electron chi connectivity index (χ0n) is 13.9. The van der Waals surface area contributed by atoms with Crippen LogP contribution in [0.2, 0.25) is 0 Å². The minimum Gasteiger partial charge on any atom is -0.497 e. The third kappa shape index (κ3) is 4.51. The molecule has 24 heavy (non-hydrogen) atoms. The zero-order valence-corrected chi connectivity index (χ0v) is 14.7. The van der Waals surface area contributed by atoms with Crippen LogP contribution in [0.1, 0.15) is 47.3 Å². The molecule has 0 atom stereocenters. The van der Waals surface area contributed by atoms with Gasteiger partial charge in [0.1, 0.15) is 18.1 Å². The van der Waals surface area contributed by atoms with Crippen molar-refractivity contribution in [2.75, 3.05) is 7.11 Å². The summed E-state index contributed by atoms with van der Waals surface area (Å²) in [7, 11) is 1.64. The Hall–Kier alpha value is -2.01. The van der Waals surface area contributed by atoms with Gasteiger partial charge >= 0.3 is 0 Å². The second-order valence-corrected chi connectivity index (χ2v) is 7.00. The van der Waals surface area contributed by atoms with Gasteiger partial charge in [0.2, 0.25) is 0 Å². The van der Waals surface area contributed by atoms with E-state index >= 15 is 0 Å². The molecule has 1 saturated carbocycles. The molecule has 1 aromatic carbocycles. The van der Waals surface area contributed by atoms with Crippen LogP contribution in [0, 0.1) is 0 Å². The SMILES string of the molecule is COc1ccc(OCc2csc(C(=O)NC3CCCCC3)c2)cc1. The van der Waals surface area contributed by atoms with Crippen molar-refractivity contribution >= 4 is 17.2 Å². The van der Waals surface area contributed by atoms with Gasteiger partial charge in [0.15, 0.2) is 0 Å². The largest absolute Gasteiger partial charge is 0.497 e. The Kier molecular flexibility index (Phi) is 5.75. The van der Waals surface area contributed by atoms with E-state index in [-0.39, 0.29) is 5.91 Å². The van der Waals surface area contributed by atoms with Crippen molar-refractivity contribution in [3.63, 3.8) is 0 Å². The van der Waals surface area contributed by atoms with Gasteiger partial charge in [-0.05, 0) is 48.6 Å². The molecule has 0 aliphatic heterocycles. The fourth-order valence-corrected chi connectivity index (χ4v) is 3.71. The van der Waals surface area contributed by atoms with Gasteiger partial charge in [-0.15, -0.1) is 11.3 Å². The van der Waals surface area contributed by atoms with E-state index in [0.717, 1.165) is 34.8 Å². The third-order valence-electron chi connectivity index (χ3n) is 4.28. The van der Waals surface area contributed by atoms with Gasteiger partial charge in [0, 0.05) is 11.6 Å². The molecule has 3 rings (SSSR count). The molecule has 0 radical (unpaired) electrons. The summed E-state index contributed by atoms with van der Waals surface area (Å²) in [6.45, 7) is 0.458. The molecular formula is C19H23NO3S. The highest BCUT2D eigenvalue weighted by Crippen LogP contribution is 2.22. The van der Waals surface area contributed by atoms with Crippen LogP contribution in [0.5, 0.6) is 11.5 Å². The van der Waals surface area contributed by atoms with E-state index in [1.165, 1.54) is 30.6 Å². The Balaban J connectivity index is 1.51. The Morgan fingerprint density at radius 3 is 2.58 bits per heavy atom. The lowest BCUT2D eigenvalue weighted by molar-refractivity contribution is 0.0932. The van der Waals surface area contributed by atoms with Gasteiger partial charge in [-0.1, -0.05) is 19.3 Å². The summed E-state index contributed by atoms with van der Waals surface area (Å²) in [6.07, 6.45) is 5.93. The summed E-state index contributed by atoms with van der Waals surface area (Å²) in [6, 6.07) is 9.75. The fraction of sp³-hybridized carbons (Fsp3) is 0.421. The van der Waals surface area contributed by atoms with Crippen molar-refractivity contribution in [3.05, 3.63) is 46.2 Å². The first kappa shape index (κ1) is 16.8. The van der Waals surface area contributed by atoms with Gasteiger partial charge in [-0.3, -0.25) is 4.79 Å². The van der Waals surface area contributed by atoms with Crippen LogP contribution in [0.3, 0.4) is 0 Å². The minimum atomic E-state index is 0.0441. The Labute approximate surface area is 146 Å². The average Bonchev–Trinajstić information content (AvgIpc) is 3.10. The van der Waals surface area contributed by atoms with Crippen LogP contribution in [0.25, 0.3) is 0 Å². The first-order valence-electron chi connectivity index (χ1n) is 8.40. The summed E-state index contributed by atoms with van der Waals surface area (Å²) < 4.78 is 10.9. The van der Waals surface area contributed by atoms with Crippen LogP contribution in [-0.2, 0) is 6.61 Å². The second kappa shape index (κ2) is 8.20. The molecule has 0 saturated heterocycles. The maximum atomic E-state index is 12.3. The van der Waals surface area contributed by atoms with Crippen LogP contribution in [0.4, 0.5) is 0 Å². The highest BCUT2D eigenvalue weighted by Gasteiger charge is 2.17. The van der Waals surface area contributed by atoms with Crippen molar-refractivity contribution in [2.24, 2.45) is 0 Å². The quantitative estimate of drug-likeness (QED) is 0.844. The van der Waals surface area contributed by atoms with E-state index < -0.39 is 0 Å². The number of hydrogen-bond donors (Lipinski definition) is 1. The summed E-state index contributed by atoms with van der Waals surface area (Å²) >= 11 is 1.48. The molecule has 0 spiro atoms. The van der Waals surface area contributed by atoms with E-state index in [1.807, 2.05) is 35.7 Å². The Morgan fingerprint density at radius 1 is 1.17 bits per heavy atom. The molecule has 4 nitrogen and oxygen atoms in total. The maximum absolute atomic E-state index is 12.3. The number of thiophene rings is 1. The Morgan fingerprint density at radius 2 is 1.88 bits per heavy atom. The van der Waals surface area contributed by atoms with Gasteiger partial charge in [-0.25, -0.2) is 0 Å². The summed E-state index contributed by atoms with van der Waals surface area (Å²) in [5.74, 6) is 1.64. The molecular weight excluding hydrogens is 322 g/mol. The first-order valence-corrected chi connectivity index (χ1v) is 9.27. The smallest absolute Gasteiger partial charge is 0.261 e. The maximum Gasteiger partial charge on any atom is 0.261 e. The van der Waals surface area contributed by atoms with Crippen molar-refractivity contribution in [1.82, 2.24) is 5.32 Å². The molecule has 1 N–H and O–H groups in total. The van der Waals surface area contributed by atoms with Crippen LogP contribution in [-0.4, -0.2) is 19.1 Å². The van der Waals surface area contributed by atoms with E-state index in [2.05, 4.69) is 5.32 Å². The summed E-state index contributed by atoms with van der Waals surface area (Å²) in [5, 5.41) is 5.14. The lowest BCUT2D eigenvalue weighted by Gasteiger charge is -2.22.